The molecule has 1 aliphatic rings. The molecule has 10 heavy (non-hydrogen) atoms. The van der Waals surface area contributed by atoms with E-state index < -0.39 is 0 Å². The van der Waals surface area contributed by atoms with Gasteiger partial charge in [-0.1, -0.05) is 0 Å². The van der Waals surface area contributed by atoms with Crippen molar-refractivity contribution in [1.29, 1.82) is 5.26 Å². The van der Waals surface area contributed by atoms with Gasteiger partial charge in [-0.25, -0.2) is 0 Å². The van der Waals surface area contributed by atoms with Crippen LogP contribution in [-0.4, -0.2) is 18.8 Å². The van der Waals surface area contributed by atoms with Crippen molar-refractivity contribution in [2.24, 2.45) is 0 Å². The molecule has 0 aromatic rings. The molecular formula is C7H12N3. The van der Waals surface area contributed by atoms with Gasteiger partial charge in [0.05, 0.1) is 18.3 Å². The summed E-state index contributed by atoms with van der Waals surface area (Å²) in [6.07, 6.45) is 2.30. The number of hydrogen-bond acceptors (Lipinski definition) is 3. The molecule has 2 N–H and O–H groups in total. The van der Waals surface area contributed by atoms with Crippen molar-refractivity contribution in [2.45, 2.75) is 25.0 Å². The predicted molar refractivity (Wildman–Crippen MR) is 38.9 cm³/mol. The third-order valence-corrected chi connectivity index (χ3v) is 1.69. The van der Waals surface area contributed by atoms with E-state index in [4.69, 9.17) is 5.26 Å². The molecule has 1 fully saturated rings. The molecule has 0 aromatic heterocycles. The monoisotopic (exact) mass is 138 g/mol. The van der Waals surface area contributed by atoms with E-state index in [1.807, 2.05) is 0 Å². The Morgan fingerprint density at radius 1 is 1.70 bits per heavy atom. The molecule has 2 atom stereocenters. The van der Waals surface area contributed by atoms with E-state index in [0.29, 0.717) is 6.17 Å². The fraction of sp³-hybridized carbons (Fsp3) is 0.714. The summed E-state index contributed by atoms with van der Waals surface area (Å²) in [5.41, 5.74) is 0. The Balaban J connectivity index is 2.23. The van der Waals surface area contributed by atoms with E-state index >= 15 is 0 Å². The second-order valence-corrected chi connectivity index (χ2v) is 2.43. The average Bonchev–Trinajstić information content (AvgIpc) is 2.37. The second kappa shape index (κ2) is 3.55. The molecule has 1 heterocycles. The van der Waals surface area contributed by atoms with Crippen molar-refractivity contribution in [3.8, 4) is 6.07 Å². The van der Waals surface area contributed by atoms with E-state index in [2.05, 4.69) is 23.6 Å². The van der Waals surface area contributed by atoms with Gasteiger partial charge in [-0.15, -0.1) is 0 Å². The zero-order valence-corrected chi connectivity index (χ0v) is 5.93. The van der Waals surface area contributed by atoms with Gasteiger partial charge in [-0.3, -0.25) is 5.32 Å². The van der Waals surface area contributed by atoms with E-state index in [1.165, 1.54) is 0 Å². The van der Waals surface area contributed by atoms with Crippen molar-refractivity contribution in [1.82, 2.24) is 10.6 Å². The first-order chi connectivity index (χ1) is 4.86. The van der Waals surface area contributed by atoms with Gasteiger partial charge in [0, 0.05) is 0 Å². The molecule has 55 valence electrons. The van der Waals surface area contributed by atoms with Crippen LogP contribution < -0.4 is 10.6 Å². The van der Waals surface area contributed by atoms with Gasteiger partial charge >= 0.3 is 0 Å². The average molecular weight is 138 g/mol. The Bertz CT molecular complexity index is 138. The summed E-state index contributed by atoms with van der Waals surface area (Å²) >= 11 is 0. The minimum Gasteiger partial charge on any atom is -0.302 e. The molecule has 0 saturated carbocycles. The number of nitriles is 1. The summed E-state index contributed by atoms with van der Waals surface area (Å²) in [5.74, 6) is 0. The predicted octanol–water partition coefficient (Wildman–Crippen LogP) is 0.0118. The number of hydrogen-bond donors (Lipinski definition) is 2. The molecule has 2 unspecified atom stereocenters. The van der Waals surface area contributed by atoms with Gasteiger partial charge in [0.15, 0.2) is 0 Å². The lowest BCUT2D eigenvalue weighted by Gasteiger charge is -2.10. The van der Waals surface area contributed by atoms with Crippen LogP contribution in [0, 0.1) is 18.3 Å². The van der Waals surface area contributed by atoms with Crippen LogP contribution in [0.1, 0.15) is 12.8 Å². The van der Waals surface area contributed by atoms with Crippen molar-refractivity contribution in [3.63, 3.8) is 0 Å². The molecule has 1 saturated heterocycles. The maximum Gasteiger partial charge on any atom is 0.0965 e. The normalized spacial score (nSPS) is 32.0. The van der Waals surface area contributed by atoms with Crippen LogP contribution in [0.25, 0.3) is 0 Å². The Labute approximate surface area is 61.4 Å². The molecule has 1 rings (SSSR count). The van der Waals surface area contributed by atoms with E-state index in [1.54, 1.807) is 0 Å². The summed E-state index contributed by atoms with van der Waals surface area (Å²) < 4.78 is 0. The van der Waals surface area contributed by atoms with Crippen molar-refractivity contribution >= 4 is 0 Å². The lowest BCUT2D eigenvalue weighted by atomic mass is 10.2. The highest BCUT2D eigenvalue weighted by atomic mass is 15.2. The van der Waals surface area contributed by atoms with E-state index in [0.717, 1.165) is 19.4 Å². The highest BCUT2D eigenvalue weighted by molar-refractivity contribution is 4.96. The molecule has 0 spiro atoms. The topological polar surface area (TPSA) is 47.9 Å². The van der Waals surface area contributed by atoms with Crippen LogP contribution in [0.5, 0.6) is 0 Å². The molecule has 0 bridgehead atoms. The Kier molecular flexibility index (Phi) is 2.67. The zero-order chi connectivity index (χ0) is 7.40. The van der Waals surface area contributed by atoms with Gasteiger partial charge in [0.1, 0.15) is 0 Å². The maximum absolute atomic E-state index is 8.50. The van der Waals surface area contributed by atoms with Crippen LogP contribution in [0.15, 0.2) is 0 Å². The molecule has 0 aromatic carbocycles. The molecule has 3 heteroatoms. The molecule has 1 aliphatic heterocycles. The Morgan fingerprint density at radius 2 is 2.50 bits per heavy atom. The van der Waals surface area contributed by atoms with Gasteiger partial charge in [-0.05, 0) is 26.3 Å². The zero-order valence-electron chi connectivity index (χ0n) is 5.93. The van der Waals surface area contributed by atoms with Crippen LogP contribution in [0.2, 0.25) is 0 Å². The third-order valence-electron chi connectivity index (χ3n) is 1.69. The van der Waals surface area contributed by atoms with Gasteiger partial charge in [0.25, 0.3) is 0 Å². The molecule has 0 amide bonds. The molecule has 1 radical (unpaired) electrons. The fourth-order valence-electron chi connectivity index (χ4n) is 1.18. The van der Waals surface area contributed by atoms with E-state index in [9.17, 15) is 0 Å². The SMILES string of the molecule is [CH2]CNC1CCC(C#N)N1. The minimum atomic E-state index is 0.0454. The second-order valence-electron chi connectivity index (χ2n) is 2.43. The number of nitrogens with one attached hydrogen (secondary N) is 2. The standard InChI is InChI=1S/C7H12N3/c1-2-9-7-4-3-6(5-8)10-7/h6-7,9-10H,1-4H2. The van der Waals surface area contributed by atoms with Gasteiger partial charge in [-0.2, -0.15) is 5.26 Å². The van der Waals surface area contributed by atoms with Crippen LogP contribution in [-0.2, 0) is 0 Å². The summed E-state index contributed by atoms with van der Waals surface area (Å²) in [6, 6.07) is 2.23. The van der Waals surface area contributed by atoms with Crippen LogP contribution >= 0.6 is 0 Å². The molecular weight excluding hydrogens is 126 g/mol. The van der Waals surface area contributed by atoms with Crippen molar-refractivity contribution in [2.75, 3.05) is 6.54 Å². The summed E-state index contributed by atoms with van der Waals surface area (Å²) in [4.78, 5) is 0. The first-order valence-corrected chi connectivity index (χ1v) is 3.55. The summed E-state index contributed by atoms with van der Waals surface area (Å²) in [5, 5.41) is 14.8. The van der Waals surface area contributed by atoms with E-state index in [-0.39, 0.29) is 6.04 Å². The lowest BCUT2D eigenvalue weighted by molar-refractivity contribution is 0.496. The van der Waals surface area contributed by atoms with Crippen molar-refractivity contribution in [3.05, 3.63) is 6.92 Å². The van der Waals surface area contributed by atoms with Crippen LogP contribution in [0.4, 0.5) is 0 Å². The maximum atomic E-state index is 8.50. The first-order valence-electron chi connectivity index (χ1n) is 3.55. The van der Waals surface area contributed by atoms with Gasteiger partial charge in [0.2, 0.25) is 0 Å². The van der Waals surface area contributed by atoms with Gasteiger partial charge < -0.3 is 5.32 Å². The molecule has 0 aliphatic carbocycles. The van der Waals surface area contributed by atoms with Crippen molar-refractivity contribution < 1.29 is 0 Å². The highest BCUT2D eigenvalue weighted by Crippen LogP contribution is 2.08. The Morgan fingerprint density at radius 3 is 3.00 bits per heavy atom. The third kappa shape index (κ3) is 1.69. The first kappa shape index (κ1) is 7.52. The number of rotatable bonds is 2. The largest absolute Gasteiger partial charge is 0.302 e. The number of nitrogens with zero attached hydrogens (tertiary/aromatic N) is 1. The lowest BCUT2D eigenvalue weighted by Crippen LogP contribution is -2.39. The Hall–Kier alpha value is -0.590. The summed E-state index contributed by atoms with van der Waals surface area (Å²) in [6.45, 7) is 4.38. The quantitative estimate of drug-likeness (QED) is 0.565. The highest BCUT2D eigenvalue weighted by Gasteiger charge is 2.21. The smallest absolute Gasteiger partial charge is 0.0965 e. The minimum absolute atomic E-state index is 0.0454. The summed E-state index contributed by atoms with van der Waals surface area (Å²) in [7, 11) is 0. The fourth-order valence-corrected chi connectivity index (χ4v) is 1.18. The van der Waals surface area contributed by atoms with Crippen LogP contribution in [0.3, 0.4) is 0 Å². The molecule has 3 nitrogen and oxygen atoms in total.